The molecule has 0 aliphatic carbocycles. The zero-order valence-corrected chi connectivity index (χ0v) is 22.5. The highest BCUT2D eigenvalue weighted by Crippen LogP contribution is 2.40. The van der Waals surface area contributed by atoms with Crippen molar-refractivity contribution >= 4 is 33.3 Å². The van der Waals surface area contributed by atoms with Crippen molar-refractivity contribution in [2.24, 2.45) is 0 Å². The van der Waals surface area contributed by atoms with E-state index in [0.717, 1.165) is 11.6 Å². The monoisotopic (exact) mass is 559 g/mol. The van der Waals surface area contributed by atoms with Crippen LogP contribution in [0, 0.1) is 6.92 Å². The molecule has 0 spiro atoms. The van der Waals surface area contributed by atoms with Crippen LogP contribution >= 0.6 is 0 Å². The van der Waals surface area contributed by atoms with E-state index < -0.39 is 33.8 Å². The molecule has 0 saturated carbocycles. The molecule has 0 unspecified atom stereocenters. The summed E-state index contributed by atoms with van der Waals surface area (Å²) < 4.78 is 80.3. The van der Waals surface area contributed by atoms with E-state index in [1.54, 1.807) is 56.3 Å². The molecule has 0 radical (unpaired) electrons. The predicted molar refractivity (Wildman–Crippen MR) is 143 cm³/mol. The summed E-state index contributed by atoms with van der Waals surface area (Å²) in [5, 5.41) is 0. The fourth-order valence-electron chi connectivity index (χ4n) is 4.48. The standard InChI is InChI=1S/C29H28F3NO5S/c1-19-7-6-8-23(15-19)39(35,36)33-18-22(12-14-28(34)37-3)38-27-13-11-21(17-26(27)33)16-20(2)24-9-4-5-10-25(24)29(30,31)32/h4-11,13,15-17,22H,12,14,18H2,1-3H3/b20-16+/t22-/m0/s1. The molecule has 1 atom stereocenters. The summed E-state index contributed by atoms with van der Waals surface area (Å²) >= 11 is 0. The Morgan fingerprint density at radius 2 is 1.85 bits per heavy atom. The molecule has 10 heteroatoms. The molecule has 6 nitrogen and oxygen atoms in total. The van der Waals surface area contributed by atoms with E-state index in [1.165, 1.54) is 35.7 Å². The smallest absolute Gasteiger partial charge is 0.416 e. The molecule has 1 heterocycles. The number of hydrogen-bond acceptors (Lipinski definition) is 5. The van der Waals surface area contributed by atoms with Crippen molar-refractivity contribution in [1.29, 1.82) is 0 Å². The van der Waals surface area contributed by atoms with Gasteiger partial charge in [-0.3, -0.25) is 9.10 Å². The predicted octanol–water partition coefficient (Wildman–Crippen LogP) is 6.48. The molecule has 3 aromatic carbocycles. The summed E-state index contributed by atoms with van der Waals surface area (Å²) in [6.07, 6.45) is -3.27. The van der Waals surface area contributed by atoms with Gasteiger partial charge in [0.2, 0.25) is 0 Å². The number of aryl methyl sites for hydroxylation is 1. The van der Waals surface area contributed by atoms with Gasteiger partial charge in [-0.15, -0.1) is 0 Å². The van der Waals surface area contributed by atoms with E-state index in [9.17, 15) is 26.4 Å². The second-order valence-corrected chi connectivity index (χ2v) is 11.2. The highest BCUT2D eigenvalue weighted by Gasteiger charge is 2.35. The van der Waals surface area contributed by atoms with E-state index in [0.29, 0.717) is 11.1 Å². The number of hydrogen-bond donors (Lipinski definition) is 0. The van der Waals surface area contributed by atoms with Crippen molar-refractivity contribution < 1.29 is 35.9 Å². The van der Waals surface area contributed by atoms with Crippen LogP contribution in [0.25, 0.3) is 11.6 Å². The molecule has 0 N–H and O–H groups in total. The van der Waals surface area contributed by atoms with Crippen LogP contribution in [0.2, 0.25) is 0 Å². The molecule has 0 bridgehead atoms. The lowest BCUT2D eigenvalue weighted by molar-refractivity contribution is -0.141. The highest BCUT2D eigenvalue weighted by atomic mass is 32.2. The fraction of sp³-hybridized carbons (Fsp3) is 0.276. The number of ether oxygens (including phenoxy) is 2. The topological polar surface area (TPSA) is 72.9 Å². The summed E-state index contributed by atoms with van der Waals surface area (Å²) in [5.74, 6) is -0.148. The molecule has 0 amide bonds. The number of fused-ring (bicyclic) bond motifs is 1. The van der Waals surface area contributed by atoms with Crippen LogP contribution < -0.4 is 9.04 Å². The first kappa shape index (κ1) is 28.2. The number of carbonyl (C=O) groups excluding carboxylic acids is 1. The number of rotatable bonds is 7. The molecule has 3 aromatic rings. The normalized spacial score (nSPS) is 15.9. The van der Waals surface area contributed by atoms with Crippen molar-refractivity contribution in [3.05, 3.63) is 89.0 Å². The van der Waals surface area contributed by atoms with Gasteiger partial charge in [0.15, 0.2) is 0 Å². The minimum Gasteiger partial charge on any atom is -0.486 e. The van der Waals surface area contributed by atoms with Gasteiger partial charge in [0.1, 0.15) is 11.9 Å². The lowest BCUT2D eigenvalue weighted by atomic mass is 9.98. The number of halogens is 3. The van der Waals surface area contributed by atoms with Crippen LogP contribution in [0.1, 0.15) is 42.0 Å². The number of alkyl halides is 3. The molecule has 206 valence electrons. The maximum absolute atomic E-state index is 13.8. The number of allylic oxidation sites excluding steroid dienone is 1. The second kappa shape index (κ2) is 11.1. The zero-order valence-electron chi connectivity index (χ0n) is 21.7. The number of anilines is 1. The number of esters is 1. The Morgan fingerprint density at radius 3 is 2.54 bits per heavy atom. The zero-order chi connectivity index (χ0) is 28.4. The minimum absolute atomic E-state index is 0.0334. The van der Waals surface area contributed by atoms with Crippen LogP contribution in [-0.4, -0.2) is 34.1 Å². The van der Waals surface area contributed by atoms with E-state index in [1.807, 2.05) is 0 Å². The van der Waals surface area contributed by atoms with Crippen LogP contribution in [0.15, 0.2) is 71.6 Å². The van der Waals surface area contributed by atoms with Gasteiger partial charge in [-0.2, -0.15) is 13.2 Å². The lowest BCUT2D eigenvalue weighted by Crippen LogP contribution is -2.43. The largest absolute Gasteiger partial charge is 0.486 e. The molecule has 1 aliphatic heterocycles. The lowest BCUT2D eigenvalue weighted by Gasteiger charge is -2.35. The maximum atomic E-state index is 13.8. The van der Waals surface area contributed by atoms with Gasteiger partial charge in [0.25, 0.3) is 10.0 Å². The van der Waals surface area contributed by atoms with Crippen molar-refractivity contribution in [1.82, 2.24) is 0 Å². The average molecular weight is 560 g/mol. The first-order valence-electron chi connectivity index (χ1n) is 12.2. The van der Waals surface area contributed by atoms with Crippen molar-refractivity contribution in [3.8, 4) is 5.75 Å². The minimum atomic E-state index is -4.52. The van der Waals surface area contributed by atoms with Crippen molar-refractivity contribution in [3.63, 3.8) is 0 Å². The first-order valence-corrected chi connectivity index (χ1v) is 13.7. The van der Waals surface area contributed by atoms with E-state index in [2.05, 4.69) is 0 Å². The van der Waals surface area contributed by atoms with Gasteiger partial charge in [-0.1, -0.05) is 42.5 Å². The quantitative estimate of drug-likeness (QED) is 0.245. The van der Waals surface area contributed by atoms with Gasteiger partial charge in [0.05, 0.1) is 29.8 Å². The van der Waals surface area contributed by atoms with E-state index in [-0.39, 0.29) is 41.3 Å². The average Bonchev–Trinajstić information content (AvgIpc) is 2.90. The van der Waals surface area contributed by atoms with E-state index in [4.69, 9.17) is 9.47 Å². The van der Waals surface area contributed by atoms with Crippen LogP contribution in [0.4, 0.5) is 18.9 Å². The number of sulfonamides is 1. The van der Waals surface area contributed by atoms with Crippen LogP contribution in [0.3, 0.4) is 0 Å². The Kier molecular flexibility index (Phi) is 8.06. The Bertz CT molecular complexity index is 1520. The molecule has 0 aromatic heterocycles. The SMILES string of the molecule is COC(=O)CC[C@H]1CN(S(=O)(=O)c2cccc(C)c2)c2cc(/C=C(\C)c3ccccc3C(F)(F)F)ccc2O1. The van der Waals surface area contributed by atoms with Gasteiger partial charge in [0, 0.05) is 6.42 Å². The third-order valence-electron chi connectivity index (χ3n) is 6.43. The van der Waals surface area contributed by atoms with Crippen LogP contribution in [0.5, 0.6) is 5.75 Å². The van der Waals surface area contributed by atoms with E-state index >= 15 is 0 Å². The Hall–Kier alpha value is -3.79. The molecule has 4 rings (SSSR count). The summed E-state index contributed by atoms with van der Waals surface area (Å²) in [5.41, 5.74) is 1.18. The Morgan fingerprint density at radius 1 is 1.10 bits per heavy atom. The summed E-state index contributed by atoms with van der Waals surface area (Å²) in [6.45, 7) is 3.31. The number of methoxy groups -OCH3 is 1. The van der Waals surface area contributed by atoms with Crippen LogP contribution in [-0.2, 0) is 25.7 Å². The van der Waals surface area contributed by atoms with Crippen molar-refractivity contribution in [2.45, 2.75) is 43.9 Å². The first-order chi connectivity index (χ1) is 18.4. The van der Waals surface area contributed by atoms with Crippen molar-refractivity contribution in [2.75, 3.05) is 18.0 Å². The number of benzene rings is 3. The summed E-state index contributed by atoms with van der Waals surface area (Å²) in [4.78, 5) is 11.8. The van der Waals surface area contributed by atoms with Gasteiger partial charge >= 0.3 is 12.1 Å². The summed E-state index contributed by atoms with van der Waals surface area (Å²) in [7, 11) is -2.75. The molecule has 0 fully saturated rings. The third-order valence-corrected chi connectivity index (χ3v) is 8.21. The number of nitrogens with zero attached hydrogens (tertiary/aromatic N) is 1. The van der Waals surface area contributed by atoms with Gasteiger partial charge in [-0.25, -0.2) is 8.42 Å². The van der Waals surface area contributed by atoms with Gasteiger partial charge < -0.3 is 9.47 Å². The highest BCUT2D eigenvalue weighted by molar-refractivity contribution is 7.92. The summed E-state index contributed by atoms with van der Waals surface area (Å²) in [6, 6.07) is 16.6. The molecule has 0 saturated heterocycles. The molecule has 39 heavy (non-hydrogen) atoms. The molecular formula is C29H28F3NO5S. The second-order valence-electron chi connectivity index (χ2n) is 9.31. The molecule has 1 aliphatic rings. The maximum Gasteiger partial charge on any atom is 0.416 e. The Balaban J connectivity index is 1.77. The Labute approximate surface area is 225 Å². The third kappa shape index (κ3) is 6.27. The molecular weight excluding hydrogens is 531 g/mol. The van der Waals surface area contributed by atoms with Gasteiger partial charge in [-0.05, 0) is 72.9 Å². The number of carbonyl (C=O) groups is 1. The fourth-order valence-corrected chi connectivity index (χ4v) is 6.09.